The van der Waals surface area contributed by atoms with Crippen LogP contribution in [0.25, 0.3) is 0 Å². The van der Waals surface area contributed by atoms with Gasteiger partial charge in [-0.1, -0.05) is 43.9 Å². The van der Waals surface area contributed by atoms with Gasteiger partial charge < -0.3 is 5.73 Å². The highest BCUT2D eigenvalue weighted by molar-refractivity contribution is 5.41. The van der Waals surface area contributed by atoms with E-state index in [1.165, 1.54) is 12.0 Å². The van der Waals surface area contributed by atoms with E-state index < -0.39 is 0 Å². The summed E-state index contributed by atoms with van der Waals surface area (Å²) in [6.07, 6.45) is 1.22. The first-order valence-electron chi connectivity index (χ1n) is 7.01. The van der Waals surface area contributed by atoms with E-state index in [0.29, 0.717) is 12.6 Å². The summed E-state index contributed by atoms with van der Waals surface area (Å²) in [4.78, 5) is 2.39. The van der Waals surface area contributed by atoms with Crippen molar-refractivity contribution in [1.29, 1.82) is 0 Å². The molecule has 0 amide bonds. The van der Waals surface area contributed by atoms with E-state index in [4.69, 9.17) is 5.73 Å². The normalized spacial score (nSPS) is 12.4. The molecule has 1 atom stereocenters. The highest BCUT2D eigenvalue weighted by Gasteiger charge is 2.12. The molecule has 2 N–H and O–H groups in total. The lowest BCUT2D eigenvalue weighted by Gasteiger charge is -2.26. The minimum atomic E-state index is 0.411. The van der Waals surface area contributed by atoms with E-state index in [-0.39, 0.29) is 0 Å². The van der Waals surface area contributed by atoms with Gasteiger partial charge in [0.1, 0.15) is 0 Å². The van der Waals surface area contributed by atoms with Crippen LogP contribution in [-0.4, -0.2) is 24.5 Å². The summed E-state index contributed by atoms with van der Waals surface area (Å²) in [7, 11) is 2.18. The van der Waals surface area contributed by atoms with E-state index in [0.717, 1.165) is 18.0 Å². The minimum absolute atomic E-state index is 0.411. The van der Waals surface area contributed by atoms with Crippen molar-refractivity contribution in [1.82, 2.24) is 4.90 Å². The predicted molar refractivity (Wildman–Crippen MR) is 82.8 cm³/mol. The molecule has 2 heteroatoms. The van der Waals surface area contributed by atoms with Crippen LogP contribution in [0.4, 0.5) is 0 Å². The van der Waals surface area contributed by atoms with Gasteiger partial charge in [0.25, 0.3) is 0 Å². The Morgan fingerprint density at radius 3 is 2.53 bits per heavy atom. The smallest absolute Gasteiger partial charge is 0.0555 e. The molecule has 1 rings (SSSR count). The summed E-state index contributed by atoms with van der Waals surface area (Å²) < 4.78 is 0. The molecule has 0 bridgehead atoms. The number of nitrogens with two attached hydrogens (primary N) is 1. The van der Waals surface area contributed by atoms with Crippen LogP contribution in [0.3, 0.4) is 0 Å². The summed E-state index contributed by atoms with van der Waals surface area (Å²) in [5.41, 5.74) is 7.82. The van der Waals surface area contributed by atoms with Crippen LogP contribution in [0, 0.1) is 17.8 Å². The second-order valence-corrected chi connectivity index (χ2v) is 5.56. The number of rotatable bonds is 5. The molecule has 0 saturated carbocycles. The third kappa shape index (κ3) is 5.46. The molecule has 0 aliphatic rings. The van der Waals surface area contributed by atoms with Crippen molar-refractivity contribution in [3.63, 3.8) is 0 Å². The Morgan fingerprint density at radius 1 is 1.21 bits per heavy atom. The van der Waals surface area contributed by atoms with Crippen molar-refractivity contribution in [2.45, 2.75) is 39.8 Å². The molecule has 104 valence electrons. The molecule has 0 aliphatic heterocycles. The lowest BCUT2D eigenvalue weighted by Crippen LogP contribution is -2.30. The van der Waals surface area contributed by atoms with Crippen molar-refractivity contribution in [3.05, 3.63) is 35.4 Å². The number of benzene rings is 1. The van der Waals surface area contributed by atoms with Gasteiger partial charge in [-0.25, -0.2) is 0 Å². The maximum atomic E-state index is 5.45. The molecule has 0 radical (unpaired) electrons. The van der Waals surface area contributed by atoms with E-state index in [1.54, 1.807) is 0 Å². The Balaban J connectivity index is 2.76. The third-order valence-electron chi connectivity index (χ3n) is 3.33. The Kier molecular flexibility index (Phi) is 6.62. The van der Waals surface area contributed by atoms with Gasteiger partial charge in [0.15, 0.2) is 0 Å². The molecule has 1 unspecified atom stereocenters. The fourth-order valence-electron chi connectivity index (χ4n) is 2.21. The van der Waals surface area contributed by atoms with Gasteiger partial charge in [-0.15, -0.1) is 0 Å². The predicted octanol–water partition coefficient (Wildman–Crippen LogP) is 2.86. The molecule has 0 aromatic heterocycles. The van der Waals surface area contributed by atoms with E-state index in [1.807, 2.05) is 6.07 Å². The highest BCUT2D eigenvalue weighted by atomic mass is 15.1. The molecule has 19 heavy (non-hydrogen) atoms. The van der Waals surface area contributed by atoms with Crippen LogP contribution in [0.15, 0.2) is 24.3 Å². The van der Waals surface area contributed by atoms with E-state index in [2.05, 4.69) is 62.8 Å². The first-order chi connectivity index (χ1) is 9.04. The first-order valence-corrected chi connectivity index (χ1v) is 7.01. The average Bonchev–Trinajstić information content (AvgIpc) is 2.36. The van der Waals surface area contributed by atoms with Crippen LogP contribution in [0.2, 0.25) is 0 Å². The SMILES string of the molecule is CC(C)CC(C)N(C)Cc1ccccc1C#CCN. The monoisotopic (exact) mass is 258 g/mol. The lowest BCUT2D eigenvalue weighted by atomic mass is 10.0. The first kappa shape index (κ1) is 15.8. The standard InChI is InChI=1S/C17H26N2/c1-14(2)12-15(3)19(4)13-17-9-6-5-8-16(17)10-7-11-18/h5-6,8-9,14-15H,11-13,18H2,1-4H3. The zero-order valence-electron chi connectivity index (χ0n) is 12.6. The van der Waals surface area contributed by atoms with Crippen LogP contribution < -0.4 is 5.73 Å². The Morgan fingerprint density at radius 2 is 1.89 bits per heavy atom. The Hall–Kier alpha value is -1.30. The van der Waals surface area contributed by atoms with Gasteiger partial charge in [-0.3, -0.25) is 4.90 Å². The van der Waals surface area contributed by atoms with Crippen LogP contribution in [0.5, 0.6) is 0 Å². The Labute approximate surface area is 118 Å². The third-order valence-corrected chi connectivity index (χ3v) is 3.33. The quantitative estimate of drug-likeness (QED) is 0.823. The summed E-state index contributed by atoms with van der Waals surface area (Å²) in [5.74, 6) is 6.82. The van der Waals surface area contributed by atoms with Crippen LogP contribution in [-0.2, 0) is 6.54 Å². The molecule has 0 fully saturated rings. The topological polar surface area (TPSA) is 29.3 Å². The lowest BCUT2D eigenvalue weighted by molar-refractivity contribution is 0.220. The Bertz CT molecular complexity index is 440. The average molecular weight is 258 g/mol. The zero-order valence-corrected chi connectivity index (χ0v) is 12.6. The summed E-state index contributed by atoms with van der Waals surface area (Å²) in [6, 6.07) is 8.90. The molecule has 1 aromatic carbocycles. The largest absolute Gasteiger partial charge is 0.320 e. The summed E-state index contributed by atoms with van der Waals surface area (Å²) in [5, 5.41) is 0. The number of hydrogen-bond donors (Lipinski definition) is 1. The van der Waals surface area contributed by atoms with Gasteiger partial charge in [-0.05, 0) is 37.9 Å². The molecular weight excluding hydrogens is 232 g/mol. The fourth-order valence-corrected chi connectivity index (χ4v) is 2.21. The van der Waals surface area contributed by atoms with Gasteiger partial charge in [0.2, 0.25) is 0 Å². The summed E-state index contributed by atoms with van der Waals surface area (Å²) in [6.45, 7) is 8.17. The maximum Gasteiger partial charge on any atom is 0.0555 e. The zero-order chi connectivity index (χ0) is 14.3. The van der Waals surface area contributed by atoms with Crippen molar-refractivity contribution >= 4 is 0 Å². The molecule has 1 aromatic rings. The second kappa shape index (κ2) is 7.99. The maximum absolute atomic E-state index is 5.45. The van der Waals surface area contributed by atoms with Crippen molar-refractivity contribution in [2.24, 2.45) is 11.7 Å². The van der Waals surface area contributed by atoms with E-state index in [9.17, 15) is 0 Å². The van der Waals surface area contributed by atoms with Crippen LogP contribution >= 0.6 is 0 Å². The van der Waals surface area contributed by atoms with Gasteiger partial charge >= 0.3 is 0 Å². The summed E-state index contributed by atoms with van der Waals surface area (Å²) >= 11 is 0. The molecule has 2 nitrogen and oxygen atoms in total. The fraction of sp³-hybridized carbons (Fsp3) is 0.529. The van der Waals surface area contributed by atoms with E-state index >= 15 is 0 Å². The molecule has 0 spiro atoms. The van der Waals surface area contributed by atoms with Gasteiger partial charge in [-0.2, -0.15) is 0 Å². The minimum Gasteiger partial charge on any atom is -0.320 e. The van der Waals surface area contributed by atoms with Crippen molar-refractivity contribution < 1.29 is 0 Å². The molecule has 0 heterocycles. The molecule has 0 aliphatic carbocycles. The number of nitrogens with zero attached hydrogens (tertiary/aromatic N) is 1. The van der Waals surface area contributed by atoms with Gasteiger partial charge in [0, 0.05) is 18.2 Å². The van der Waals surface area contributed by atoms with Crippen LogP contribution in [0.1, 0.15) is 38.3 Å². The highest BCUT2D eigenvalue weighted by Crippen LogP contribution is 2.15. The second-order valence-electron chi connectivity index (χ2n) is 5.56. The number of hydrogen-bond acceptors (Lipinski definition) is 2. The molecular formula is C17H26N2. The van der Waals surface area contributed by atoms with Gasteiger partial charge in [0.05, 0.1) is 6.54 Å². The van der Waals surface area contributed by atoms with Crippen molar-refractivity contribution in [2.75, 3.05) is 13.6 Å². The van der Waals surface area contributed by atoms with Crippen molar-refractivity contribution in [3.8, 4) is 11.8 Å². The molecule has 0 saturated heterocycles.